The molecule has 1 aromatic heterocycles. The topological polar surface area (TPSA) is 72.4 Å². The molecule has 1 N–H and O–H groups in total. The molecule has 0 aromatic carbocycles. The van der Waals surface area contributed by atoms with Crippen molar-refractivity contribution < 1.29 is 9.47 Å². The number of halogens is 1. The highest BCUT2D eigenvalue weighted by molar-refractivity contribution is 6.28. The summed E-state index contributed by atoms with van der Waals surface area (Å²) in [7, 11) is 0. The van der Waals surface area contributed by atoms with Crippen LogP contribution >= 0.6 is 11.6 Å². The summed E-state index contributed by atoms with van der Waals surface area (Å²) in [5.41, 5.74) is 0. The van der Waals surface area contributed by atoms with E-state index in [9.17, 15) is 0 Å². The van der Waals surface area contributed by atoms with E-state index >= 15 is 0 Å². The third kappa shape index (κ3) is 6.88. The average Bonchev–Trinajstić information content (AvgIpc) is 2.46. The molecule has 0 saturated heterocycles. The van der Waals surface area contributed by atoms with Crippen LogP contribution in [0.2, 0.25) is 5.28 Å². The maximum Gasteiger partial charge on any atom is 0.231 e. The minimum Gasteiger partial charge on any atom is -0.380 e. The Morgan fingerprint density at radius 2 is 1.62 bits per heavy atom. The maximum absolute atomic E-state index is 5.96. The van der Waals surface area contributed by atoms with Crippen LogP contribution in [0.25, 0.3) is 0 Å². The van der Waals surface area contributed by atoms with E-state index in [0.29, 0.717) is 51.4 Å². The Hall–Kier alpha value is -1.18. The van der Waals surface area contributed by atoms with Gasteiger partial charge in [-0.1, -0.05) is 0 Å². The van der Waals surface area contributed by atoms with Crippen LogP contribution < -0.4 is 10.2 Å². The summed E-state index contributed by atoms with van der Waals surface area (Å²) in [6.45, 7) is 10.5. The highest BCUT2D eigenvalue weighted by Crippen LogP contribution is 2.13. The lowest BCUT2D eigenvalue weighted by molar-refractivity contribution is 0.141. The summed E-state index contributed by atoms with van der Waals surface area (Å²) in [6.07, 6.45) is 0. The van der Waals surface area contributed by atoms with Gasteiger partial charge in [-0.25, -0.2) is 0 Å². The molecule has 7 nitrogen and oxygen atoms in total. The van der Waals surface area contributed by atoms with E-state index in [0.717, 1.165) is 6.54 Å². The summed E-state index contributed by atoms with van der Waals surface area (Å²) >= 11 is 5.96. The van der Waals surface area contributed by atoms with Gasteiger partial charge in [0.2, 0.25) is 17.2 Å². The summed E-state index contributed by atoms with van der Waals surface area (Å²) in [5.74, 6) is 1.01. The predicted octanol–water partition coefficient (Wildman–Crippen LogP) is 1.84. The minimum absolute atomic E-state index is 0.175. The fourth-order valence-corrected chi connectivity index (χ4v) is 1.82. The zero-order chi connectivity index (χ0) is 15.5. The second kappa shape index (κ2) is 10.5. The van der Waals surface area contributed by atoms with Crippen LogP contribution in [0.1, 0.15) is 20.8 Å². The van der Waals surface area contributed by atoms with Gasteiger partial charge in [0, 0.05) is 32.8 Å². The van der Waals surface area contributed by atoms with Crippen molar-refractivity contribution in [2.75, 3.05) is 56.3 Å². The predicted molar refractivity (Wildman–Crippen MR) is 84.2 cm³/mol. The third-order valence-corrected chi connectivity index (χ3v) is 2.80. The molecule has 0 bridgehead atoms. The van der Waals surface area contributed by atoms with Crippen LogP contribution in [0, 0.1) is 0 Å². The maximum atomic E-state index is 5.96. The highest BCUT2D eigenvalue weighted by atomic mass is 35.5. The van der Waals surface area contributed by atoms with Gasteiger partial charge in [-0.15, -0.1) is 0 Å². The summed E-state index contributed by atoms with van der Waals surface area (Å²) in [4.78, 5) is 14.6. The van der Waals surface area contributed by atoms with Gasteiger partial charge in [-0.05, 0) is 32.4 Å². The molecule has 0 unspecified atom stereocenters. The van der Waals surface area contributed by atoms with Crippen molar-refractivity contribution in [2.45, 2.75) is 20.8 Å². The molecule has 1 aromatic rings. The first kappa shape index (κ1) is 17.9. The van der Waals surface area contributed by atoms with Gasteiger partial charge >= 0.3 is 0 Å². The second-order valence-corrected chi connectivity index (χ2v) is 4.48. The molecular formula is C13H24ClN5O2. The molecule has 21 heavy (non-hydrogen) atoms. The average molecular weight is 318 g/mol. The van der Waals surface area contributed by atoms with E-state index < -0.39 is 0 Å². The first-order chi connectivity index (χ1) is 10.2. The van der Waals surface area contributed by atoms with Crippen molar-refractivity contribution in [2.24, 2.45) is 0 Å². The van der Waals surface area contributed by atoms with E-state index in [-0.39, 0.29) is 5.28 Å². The van der Waals surface area contributed by atoms with Gasteiger partial charge in [-0.3, -0.25) is 0 Å². The van der Waals surface area contributed by atoms with Crippen LogP contribution in [-0.2, 0) is 9.47 Å². The number of rotatable bonds is 11. The molecule has 0 aliphatic heterocycles. The van der Waals surface area contributed by atoms with E-state index in [1.807, 2.05) is 25.7 Å². The molecule has 0 amide bonds. The molecule has 1 rings (SSSR count). The van der Waals surface area contributed by atoms with Crippen molar-refractivity contribution >= 4 is 23.5 Å². The summed E-state index contributed by atoms with van der Waals surface area (Å²) in [5, 5.41) is 3.22. The third-order valence-electron chi connectivity index (χ3n) is 2.63. The molecule has 0 fully saturated rings. The SMILES string of the molecule is CCNc1nc(Cl)nc(N(CCOCC)CCOCC)n1. The molecule has 120 valence electrons. The largest absolute Gasteiger partial charge is 0.380 e. The normalized spacial score (nSPS) is 10.7. The Labute approximate surface area is 131 Å². The lowest BCUT2D eigenvalue weighted by Gasteiger charge is -2.22. The fourth-order valence-electron chi connectivity index (χ4n) is 1.67. The molecular weight excluding hydrogens is 294 g/mol. The second-order valence-electron chi connectivity index (χ2n) is 4.14. The number of anilines is 2. The summed E-state index contributed by atoms with van der Waals surface area (Å²) < 4.78 is 10.8. The van der Waals surface area contributed by atoms with Crippen molar-refractivity contribution in [3.05, 3.63) is 5.28 Å². The van der Waals surface area contributed by atoms with Gasteiger partial charge in [0.25, 0.3) is 0 Å². The summed E-state index contributed by atoms with van der Waals surface area (Å²) in [6, 6.07) is 0. The Morgan fingerprint density at radius 1 is 1.00 bits per heavy atom. The lowest BCUT2D eigenvalue weighted by Crippen LogP contribution is -2.33. The highest BCUT2D eigenvalue weighted by Gasteiger charge is 2.13. The number of nitrogens with zero attached hydrogens (tertiary/aromatic N) is 4. The number of hydrogen-bond acceptors (Lipinski definition) is 7. The molecule has 0 aliphatic rings. The Kier molecular flexibility index (Phi) is 8.96. The first-order valence-electron chi connectivity index (χ1n) is 7.27. The van der Waals surface area contributed by atoms with E-state index in [2.05, 4.69) is 20.3 Å². The molecule has 8 heteroatoms. The van der Waals surface area contributed by atoms with Crippen molar-refractivity contribution in [1.29, 1.82) is 0 Å². The molecule has 0 saturated carbocycles. The standard InChI is InChI=1S/C13H24ClN5O2/c1-4-15-12-16-11(14)17-13(18-12)19(7-9-20-5-2)8-10-21-6-3/h4-10H2,1-3H3,(H,15,16,17,18). The van der Waals surface area contributed by atoms with Gasteiger partial charge in [-0.2, -0.15) is 15.0 Å². The molecule has 0 spiro atoms. The van der Waals surface area contributed by atoms with Crippen molar-refractivity contribution in [1.82, 2.24) is 15.0 Å². The fraction of sp³-hybridized carbons (Fsp3) is 0.769. The van der Waals surface area contributed by atoms with E-state index in [1.54, 1.807) is 0 Å². The zero-order valence-corrected chi connectivity index (χ0v) is 13.7. The quantitative estimate of drug-likeness (QED) is 0.624. The zero-order valence-electron chi connectivity index (χ0n) is 12.9. The van der Waals surface area contributed by atoms with Gasteiger partial charge in [0.1, 0.15) is 0 Å². The van der Waals surface area contributed by atoms with Crippen molar-refractivity contribution in [3.8, 4) is 0 Å². The van der Waals surface area contributed by atoms with Gasteiger partial charge in [0.15, 0.2) is 0 Å². The first-order valence-corrected chi connectivity index (χ1v) is 7.64. The number of ether oxygens (including phenoxy) is 2. The minimum atomic E-state index is 0.175. The van der Waals surface area contributed by atoms with Crippen LogP contribution in [-0.4, -0.2) is 61.0 Å². The lowest BCUT2D eigenvalue weighted by atomic mass is 10.5. The number of hydrogen-bond donors (Lipinski definition) is 1. The Balaban J connectivity index is 2.78. The van der Waals surface area contributed by atoms with Gasteiger partial charge < -0.3 is 19.7 Å². The van der Waals surface area contributed by atoms with Crippen LogP contribution in [0.4, 0.5) is 11.9 Å². The molecule has 1 heterocycles. The molecule has 0 radical (unpaired) electrons. The smallest absolute Gasteiger partial charge is 0.231 e. The van der Waals surface area contributed by atoms with Crippen LogP contribution in [0.3, 0.4) is 0 Å². The van der Waals surface area contributed by atoms with Gasteiger partial charge in [0.05, 0.1) is 13.2 Å². The van der Waals surface area contributed by atoms with Crippen LogP contribution in [0.5, 0.6) is 0 Å². The Bertz CT molecular complexity index is 398. The number of aromatic nitrogens is 3. The van der Waals surface area contributed by atoms with Crippen molar-refractivity contribution in [3.63, 3.8) is 0 Å². The molecule has 0 atom stereocenters. The van der Waals surface area contributed by atoms with E-state index in [1.165, 1.54) is 0 Å². The molecule has 0 aliphatic carbocycles. The monoisotopic (exact) mass is 317 g/mol. The van der Waals surface area contributed by atoms with E-state index in [4.69, 9.17) is 21.1 Å². The van der Waals surface area contributed by atoms with Crippen LogP contribution in [0.15, 0.2) is 0 Å². The number of nitrogens with one attached hydrogen (secondary N) is 1. The Morgan fingerprint density at radius 3 is 2.14 bits per heavy atom.